The molecule has 0 aliphatic carbocycles. The van der Waals surface area contributed by atoms with Crippen molar-refractivity contribution in [1.82, 2.24) is 5.32 Å². The van der Waals surface area contributed by atoms with Crippen molar-refractivity contribution in [3.8, 4) is 0 Å². The fourth-order valence-electron chi connectivity index (χ4n) is 2.12. The second kappa shape index (κ2) is 10.5. The Kier molecular flexibility index (Phi) is 10.4. The second-order valence-electron chi connectivity index (χ2n) is 4.81. The highest BCUT2D eigenvalue weighted by molar-refractivity contribution is 4.69. The van der Waals surface area contributed by atoms with E-state index in [1.807, 2.05) is 0 Å². The van der Waals surface area contributed by atoms with Gasteiger partial charge in [0.05, 0.1) is 0 Å². The smallest absolute Gasteiger partial charge is 0.00668 e. The molecule has 2 unspecified atom stereocenters. The van der Waals surface area contributed by atoms with Crippen molar-refractivity contribution in [2.45, 2.75) is 91.1 Å². The maximum Gasteiger partial charge on any atom is 0.00668 e. The Morgan fingerprint density at radius 3 is 2.13 bits per heavy atom. The van der Waals surface area contributed by atoms with Gasteiger partial charge in [0.25, 0.3) is 0 Å². The van der Waals surface area contributed by atoms with E-state index >= 15 is 0 Å². The number of hydrogen-bond acceptors (Lipinski definition) is 1. The van der Waals surface area contributed by atoms with Crippen LogP contribution >= 0.6 is 0 Å². The summed E-state index contributed by atoms with van der Waals surface area (Å²) in [5.41, 5.74) is 0. The minimum absolute atomic E-state index is 0.707. The third-order valence-electron chi connectivity index (χ3n) is 3.14. The van der Waals surface area contributed by atoms with Gasteiger partial charge in [0.15, 0.2) is 0 Å². The molecule has 0 bridgehead atoms. The summed E-state index contributed by atoms with van der Waals surface area (Å²) in [5, 5.41) is 3.74. The maximum atomic E-state index is 3.74. The van der Waals surface area contributed by atoms with Crippen molar-refractivity contribution < 1.29 is 0 Å². The molecule has 0 aromatic heterocycles. The molecular weight excluding hydrogens is 182 g/mol. The van der Waals surface area contributed by atoms with Gasteiger partial charge in [-0.05, 0) is 26.2 Å². The average molecular weight is 213 g/mol. The minimum atomic E-state index is 0.707. The first-order valence-electron chi connectivity index (χ1n) is 7.00. The summed E-state index contributed by atoms with van der Waals surface area (Å²) in [5.74, 6) is 0. The number of rotatable bonds is 10. The lowest BCUT2D eigenvalue weighted by Crippen LogP contribution is -2.35. The second-order valence-corrected chi connectivity index (χ2v) is 4.81. The summed E-state index contributed by atoms with van der Waals surface area (Å²) < 4.78 is 0. The van der Waals surface area contributed by atoms with Gasteiger partial charge in [-0.2, -0.15) is 0 Å². The van der Waals surface area contributed by atoms with E-state index in [9.17, 15) is 0 Å². The zero-order valence-electron chi connectivity index (χ0n) is 11.3. The molecule has 0 aromatic carbocycles. The highest BCUT2D eigenvalue weighted by Gasteiger charge is 2.08. The Hall–Kier alpha value is -0.0400. The molecule has 0 amide bonds. The van der Waals surface area contributed by atoms with Crippen molar-refractivity contribution in [2.75, 3.05) is 0 Å². The van der Waals surface area contributed by atoms with Gasteiger partial charge < -0.3 is 5.32 Å². The molecule has 0 saturated heterocycles. The zero-order chi connectivity index (χ0) is 11.5. The third-order valence-corrected chi connectivity index (χ3v) is 3.14. The molecule has 15 heavy (non-hydrogen) atoms. The standard InChI is InChI=1S/C14H31N/c1-5-8-9-10-12-13(4)15-14(7-3)11-6-2/h13-15H,5-12H2,1-4H3. The van der Waals surface area contributed by atoms with Gasteiger partial charge in [0.1, 0.15) is 0 Å². The number of hydrogen-bond donors (Lipinski definition) is 1. The van der Waals surface area contributed by atoms with Crippen LogP contribution in [-0.2, 0) is 0 Å². The highest BCUT2D eigenvalue weighted by Crippen LogP contribution is 2.08. The van der Waals surface area contributed by atoms with Crippen LogP contribution in [0.4, 0.5) is 0 Å². The predicted molar refractivity (Wildman–Crippen MR) is 70.3 cm³/mol. The molecule has 0 fully saturated rings. The predicted octanol–water partition coefficient (Wildman–Crippen LogP) is 4.51. The minimum Gasteiger partial charge on any atom is -0.312 e. The molecule has 0 radical (unpaired) electrons. The van der Waals surface area contributed by atoms with Crippen LogP contribution in [0.3, 0.4) is 0 Å². The molecule has 0 rings (SSSR count). The van der Waals surface area contributed by atoms with Crippen LogP contribution in [-0.4, -0.2) is 12.1 Å². The van der Waals surface area contributed by atoms with E-state index in [1.54, 1.807) is 0 Å². The van der Waals surface area contributed by atoms with Crippen LogP contribution < -0.4 is 5.32 Å². The lowest BCUT2D eigenvalue weighted by atomic mass is 10.0. The van der Waals surface area contributed by atoms with Crippen LogP contribution in [0.5, 0.6) is 0 Å². The molecule has 0 spiro atoms. The van der Waals surface area contributed by atoms with Crippen LogP contribution in [0.25, 0.3) is 0 Å². The Bertz CT molecular complexity index is 123. The molecule has 1 N–H and O–H groups in total. The topological polar surface area (TPSA) is 12.0 Å². The quantitative estimate of drug-likeness (QED) is 0.526. The molecule has 0 aliphatic heterocycles. The number of nitrogens with one attached hydrogen (secondary N) is 1. The van der Waals surface area contributed by atoms with Crippen molar-refractivity contribution in [3.05, 3.63) is 0 Å². The summed E-state index contributed by atoms with van der Waals surface area (Å²) in [4.78, 5) is 0. The van der Waals surface area contributed by atoms with E-state index in [-0.39, 0.29) is 0 Å². The maximum absolute atomic E-state index is 3.74. The molecule has 0 aromatic rings. The van der Waals surface area contributed by atoms with Gasteiger partial charge >= 0.3 is 0 Å². The lowest BCUT2D eigenvalue weighted by molar-refractivity contribution is 0.387. The largest absolute Gasteiger partial charge is 0.312 e. The fourth-order valence-corrected chi connectivity index (χ4v) is 2.12. The van der Waals surface area contributed by atoms with Crippen molar-refractivity contribution in [1.29, 1.82) is 0 Å². The molecular formula is C14H31N. The van der Waals surface area contributed by atoms with Crippen LogP contribution in [0, 0.1) is 0 Å². The SMILES string of the molecule is CCCCCCC(C)NC(CC)CCC. The first-order chi connectivity index (χ1) is 7.24. The zero-order valence-corrected chi connectivity index (χ0v) is 11.3. The summed E-state index contributed by atoms with van der Waals surface area (Å²) in [6.45, 7) is 9.17. The average Bonchev–Trinajstić information content (AvgIpc) is 2.24. The van der Waals surface area contributed by atoms with E-state index in [2.05, 4.69) is 33.0 Å². The summed E-state index contributed by atoms with van der Waals surface area (Å²) in [6, 6.07) is 1.45. The van der Waals surface area contributed by atoms with Gasteiger partial charge in [-0.15, -0.1) is 0 Å². The lowest BCUT2D eigenvalue weighted by Gasteiger charge is -2.21. The van der Waals surface area contributed by atoms with Crippen LogP contribution in [0.2, 0.25) is 0 Å². The van der Waals surface area contributed by atoms with Gasteiger partial charge in [-0.1, -0.05) is 52.9 Å². The van der Waals surface area contributed by atoms with Gasteiger partial charge in [0, 0.05) is 12.1 Å². The summed E-state index contributed by atoms with van der Waals surface area (Å²) >= 11 is 0. The fraction of sp³-hybridized carbons (Fsp3) is 1.00. The Balaban J connectivity index is 3.47. The molecule has 1 heteroatoms. The van der Waals surface area contributed by atoms with E-state index in [0.29, 0.717) is 6.04 Å². The van der Waals surface area contributed by atoms with Crippen LogP contribution in [0.15, 0.2) is 0 Å². The first-order valence-corrected chi connectivity index (χ1v) is 7.00. The molecule has 0 heterocycles. The van der Waals surface area contributed by atoms with E-state index < -0.39 is 0 Å². The van der Waals surface area contributed by atoms with Crippen molar-refractivity contribution in [3.63, 3.8) is 0 Å². The third kappa shape index (κ3) is 8.92. The normalized spacial score (nSPS) is 15.2. The Morgan fingerprint density at radius 1 is 0.867 bits per heavy atom. The monoisotopic (exact) mass is 213 g/mol. The molecule has 2 atom stereocenters. The molecule has 1 nitrogen and oxygen atoms in total. The van der Waals surface area contributed by atoms with E-state index in [0.717, 1.165) is 6.04 Å². The molecule has 0 aliphatic rings. The van der Waals surface area contributed by atoms with Gasteiger partial charge in [0.2, 0.25) is 0 Å². The summed E-state index contributed by atoms with van der Waals surface area (Å²) in [7, 11) is 0. The Labute approximate surface area is 97.0 Å². The first kappa shape index (κ1) is 15.0. The van der Waals surface area contributed by atoms with E-state index in [4.69, 9.17) is 0 Å². The van der Waals surface area contributed by atoms with Gasteiger partial charge in [-0.3, -0.25) is 0 Å². The summed E-state index contributed by atoms with van der Waals surface area (Å²) in [6.07, 6.45) is 10.8. The Morgan fingerprint density at radius 2 is 1.60 bits per heavy atom. The number of unbranched alkanes of at least 4 members (excludes halogenated alkanes) is 3. The van der Waals surface area contributed by atoms with E-state index in [1.165, 1.54) is 51.4 Å². The van der Waals surface area contributed by atoms with Gasteiger partial charge in [-0.25, -0.2) is 0 Å². The van der Waals surface area contributed by atoms with Crippen molar-refractivity contribution in [2.24, 2.45) is 0 Å². The molecule has 92 valence electrons. The van der Waals surface area contributed by atoms with Crippen molar-refractivity contribution >= 4 is 0 Å². The van der Waals surface area contributed by atoms with Crippen LogP contribution in [0.1, 0.15) is 79.1 Å². The highest BCUT2D eigenvalue weighted by atomic mass is 14.9. The molecule has 0 saturated carbocycles.